The molecule has 0 spiro atoms. The van der Waals surface area contributed by atoms with Gasteiger partial charge in [0.25, 0.3) is 0 Å². The Morgan fingerprint density at radius 3 is 1.84 bits per heavy atom. The third kappa shape index (κ3) is 8.80. The van der Waals surface area contributed by atoms with Crippen molar-refractivity contribution < 1.29 is 9.53 Å². The van der Waals surface area contributed by atoms with E-state index in [2.05, 4.69) is 156 Å². The van der Waals surface area contributed by atoms with Gasteiger partial charge in [0, 0.05) is 5.92 Å². The van der Waals surface area contributed by atoms with Crippen LogP contribution in [0.1, 0.15) is 74.0 Å². The van der Waals surface area contributed by atoms with Gasteiger partial charge in [0.15, 0.2) is 0 Å². The fourth-order valence-electron chi connectivity index (χ4n) is 8.04. The largest absolute Gasteiger partial charge is 0.458 e. The lowest BCUT2D eigenvalue weighted by Gasteiger charge is -2.45. The molecule has 2 atom stereocenters. The Kier molecular flexibility index (Phi) is 12.5. The van der Waals surface area contributed by atoms with Crippen LogP contribution in [0.25, 0.3) is 0 Å². The Labute approximate surface area is 308 Å². The molecule has 0 radical (unpaired) electrons. The van der Waals surface area contributed by atoms with Gasteiger partial charge >= 0.3 is 5.97 Å². The average molecular weight is 696 g/mol. The second-order valence-corrected chi connectivity index (χ2v) is 18.7. The van der Waals surface area contributed by atoms with E-state index in [1.54, 1.807) is 0 Å². The van der Waals surface area contributed by atoms with E-state index in [0.29, 0.717) is 18.1 Å². The Morgan fingerprint density at radius 1 is 0.824 bits per heavy atom. The molecule has 51 heavy (non-hydrogen) atoms. The minimum absolute atomic E-state index is 0.0462. The predicted octanol–water partition coefficient (Wildman–Crippen LogP) is 11.2. The van der Waals surface area contributed by atoms with Gasteiger partial charge in [-0.3, -0.25) is 0 Å². The zero-order valence-electron chi connectivity index (χ0n) is 31.8. The number of allylic oxidation sites excluding steroid dienone is 6. The van der Waals surface area contributed by atoms with E-state index >= 15 is 0 Å². The molecule has 5 rings (SSSR count). The standard InChI is InChI=1S/C48H56O2P/c1-35(30-31-51(42-18-12-9-13-19-42,43-20-14-10-15-21-43)44-22-16-11-17-23-44)25-29-45-38(4)26-28-41(48(45,7)8)27-24-36(2)34-50-47(49)46-39(5)32-37(3)33-40(46)6/h9-25,29-30,32-33,41,45H,4,26-28,31,34H2,1-3,5-8H3/q+1/b29-25+,35-30+,36-24+/t41-,45+/m0/s1. The molecule has 1 aliphatic rings. The fraction of sp³-hybridized carbons (Fsp3) is 0.312. The maximum absolute atomic E-state index is 13.0. The van der Waals surface area contributed by atoms with Crippen LogP contribution in [-0.2, 0) is 4.74 Å². The number of hydrogen-bond donors (Lipinski definition) is 0. The van der Waals surface area contributed by atoms with Crippen LogP contribution in [0.15, 0.2) is 151 Å². The van der Waals surface area contributed by atoms with E-state index in [1.807, 2.05) is 26.0 Å². The molecule has 0 aliphatic heterocycles. The molecule has 2 nitrogen and oxygen atoms in total. The van der Waals surface area contributed by atoms with Crippen molar-refractivity contribution in [1.82, 2.24) is 0 Å². The highest BCUT2D eigenvalue weighted by molar-refractivity contribution is 7.95. The van der Waals surface area contributed by atoms with Crippen LogP contribution in [0, 0.1) is 38.0 Å². The van der Waals surface area contributed by atoms with Crippen molar-refractivity contribution in [3.05, 3.63) is 173 Å². The molecule has 0 unspecified atom stereocenters. The Morgan fingerprint density at radius 2 is 1.33 bits per heavy atom. The van der Waals surface area contributed by atoms with Gasteiger partial charge in [-0.15, -0.1) is 0 Å². The molecule has 1 aliphatic carbocycles. The minimum Gasteiger partial charge on any atom is -0.458 e. The van der Waals surface area contributed by atoms with Crippen LogP contribution in [0.3, 0.4) is 0 Å². The second kappa shape index (κ2) is 16.8. The molecule has 4 aromatic rings. The van der Waals surface area contributed by atoms with Crippen LogP contribution in [0.5, 0.6) is 0 Å². The van der Waals surface area contributed by atoms with E-state index in [4.69, 9.17) is 4.74 Å². The molecule has 1 saturated carbocycles. The normalized spacial score (nSPS) is 18.2. The summed E-state index contributed by atoms with van der Waals surface area (Å²) >= 11 is 0. The van der Waals surface area contributed by atoms with Gasteiger partial charge in [-0.25, -0.2) is 4.79 Å². The van der Waals surface area contributed by atoms with Crippen LogP contribution in [0.2, 0.25) is 0 Å². The van der Waals surface area contributed by atoms with Crippen molar-refractivity contribution in [2.45, 2.75) is 67.7 Å². The summed E-state index contributed by atoms with van der Waals surface area (Å²) in [5.74, 6) is 0.550. The summed E-state index contributed by atoms with van der Waals surface area (Å²) in [4.78, 5) is 13.0. The van der Waals surface area contributed by atoms with Crippen LogP contribution in [0.4, 0.5) is 0 Å². The SMILES string of the molecule is C=C1CC[C@H](C/C=C(\C)COC(=O)c2c(C)cc(C)cc2C)C(C)(C)[C@@H]1/C=C/C(C)=C/C[P+](c1ccccc1)(c1ccccc1)c1ccccc1. The number of carbonyl (C=O) groups excluding carboxylic acids is 1. The maximum Gasteiger partial charge on any atom is 0.338 e. The summed E-state index contributed by atoms with van der Waals surface area (Å²) in [6.07, 6.45) is 13.6. The van der Waals surface area contributed by atoms with Crippen molar-refractivity contribution in [3.63, 3.8) is 0 Å². The third-order valence-electron chi connectivity index (χ3n) is 11.0. The van der Waals surface area contributed by atoms with Crippen molar-refractivity contribution in [2.24, 2.45) is 17.3 Å². The maximum atomic E-state index is 13.0. The molecule has 264 valence electrons. The van der Waals surface area contributed by atoms with Crippen molar-refractivity contribution >= 4 is 29.1 Å². The third-order valence-corrected chi connectivity index (χ3v) is 15.3. The smallest absolute Gasteiger partial charge is 0.338 e. The zero-order valence-corrected chi connectivity index (χ0v) is 32.7. The Balaban J connectivity index is 1.31. The first-order valence-electron chi connectivity index (χ1n) is 18.4. The molecule has 4 aromatic carbocycles. The molecular weight excluding hydrogens is 640 g/mol. The first-order chi connectivity index (χ1) is 24.4. The summed E-state index contributed by atoms with van der Waals surface area (Å²) in [7, 11) is -1.93. The molecule has 0 heterocycles. The van der Waals surface area contributed by atoms with Crippen molar-refractivity contribution in [3.8, 4) is 0 Å². The van der Waals surface area contributed by atoms with Crippen molar-refractivity contribution in [2.75, 3.05) is 12.8 Å². The molecule has 0 aromatic heterocycles. The number of carbonyl (C=O) groups is 1. The first kappa shape index (κ1) is 38.0. The van der Waals surface area contributed by atoms with Gasteiger partial charge < -0.3 is 4.74 Å². The minimum atomic E-state index is -1.93. The predicted molar refractivity (Wildman–Crippen MR) is 221 cm³/mol. The van der Waals surface area contributed by atoms with Crippen molar-refractivity contribution in [1.29, 1.82) is 0 Å². The van der Waals surface area contributed by atoms with Crippen LogP contribution < -0.4 is 15.9 Å². The summed E-state index contributed by atoms with van der Waals surface area (Å²) in [6.45, 7) is 20.0. The molecule has 3 heteroatoms. The summed E-state index contributed by atoms with van der Waals surface area (Å²) in [6, 6.07) is 37.4. The molecular formula is C48H56O2P+. The van der Waals surface area contributed by atoms with Crippen LogP contribution >= 0.6 is 7.26 Å². The van der Waals surface area contributed by atoms with E-state index in [-0.39, 0.29) is 17.3 Å². The number of benzene rings is 4. The van der Waals surface area contributed by atoms with Gasteiger partial charge in [-0.2, -0.15) is 0 Å². The lowest BCUT2D eigenvalue weighted by atomic mass is 9.59. The summed E-state index contributed by atoms with van der Waals surface area (Å²) < 4.78 is 5.78. The van der Waals surface area contributed by atoms with Gasteiger partial charge in [0.2, 0.25) is 0 Å². The van der Waals surface area contributed by atoms with Gasteiger partial charge in [0.1, 0.15) is 29.8 Å². The average Bonchev–Trinajstić information content (AvgIpc) is 3.11. The van der Waals surface area contributed by atoms with Gasteiger partial charge in [-0.1, -0.05) is 122 Å². The second-order valence-electron chi connectivity index (χ2n) is 15.1. The number of hydrogen-bond acceptors (Lipinski definition) is 2. The zero-order chi connectivity index (χ0) is 36.6. The number of rotatable bonds is 12. The highest BCUT2D eigenvalue weighted by Gasteiger charge is 2.44. The Hall–Kier alpha value is -4.26. The van der Waals surface area contributed by atoms with E-state index in [1.165, 1.54) is 27.1 Å². The number of esters is 1. The monoisotopic (exact) mass is 695 g/mol. The lowest BCUT2D eigenvalue weighted by molar-refractivity contribution is 0.0537. The molecule has 0 amide bonds. The van der Waals surface area contributed by atoms with E-state index in [0.717, 1.165) is 47.7 Å². The molecule has 1 fully saturated rings. The number of aryl methyl sites for hydroxylation is 3. The molecule has 0 N–H and O–H groups in total. The topological polar surface area (TPSA) is 26.3 Å². The fourth-order valence-corrected chi connectivity index (χ4v) is 12.2. The molecule has 0 bridgehead atoms. The van der Waals surface area contributed by atoms with E-state index < -0.39 is 7.26 Å². The summed E-state index contributed by atoms with van der Waals surface area (Å²) in [5.41, 5.74) is 7.53. The quantitative estimate of drug-likeness (QED) is 0.0638. The molecule has 0 saturated heterocycles. The Bertz CT molecular complexity index is 1780. The number of ether oxygens (including phenoxy) is 1. The highest BCUT2D eigenvalue weighted by Crippen LogP contribution is 2.55. The van der Waals surface area contributed by atoms with Gasteiger partial charge in [0.05, 0.1) is 11.7 Å². The lowest BCUT2D eigenvalue weighted by Crippen LogP contribution is -2.36. The highest BCUT2D eigenvalue weighted by atomic mass is 31.2. The van der Waals surface area contributed by atoms with Gasteiger partial charge in [-0.05, 0) is 124 Å². The van der Waals surface area contributed by atoms with Crippen LogP contribution in [-0.4, -0.2) is 18.7 Å². The summed E-state index contributed by atoms with van der Waals surface area (Å²) in [5, 5.41) is 4.20. The first-order valence-corrected chi connectivity index (χ1v) is 20.4. The van der Waals surface area contributed by atoms with E-state index in [9.17, 15) is 4.79 Å².